The first-order valence-corrected chi connectivity index (χ1v) is 9.97. The summed E-state index contributed by atoms with van der Waals surface area (Å²) in [5.74, 6) is -1.000. The highest BCUT2D eigenvalue weighted by atomic mass is 35.5. The number of benzene rings is 2. The standard InChI is InChI=1S/C23H18ClN5O2/c1-28(14-5-3-4-13(24)10-14)15-6-7-16-20(11-15)29(2)27-22(16)19-12-18-21(26-19)17(23(30)31)8-9-25-18/h3-12,26H,1-2H3,(H,30,31). The second-order valence-electron chi connectivity index (χ2n) is 7.32. The van der Waals surface area contributed by atoms with E-state index in [1.165, 1.54) is 12.3 Å². The van der Waals surface area contributed by atoms with Crippen LogP contribution in [-0.4, -0.2) is 37.9 Å². The summed E-state index contributed by atoms with van der Waals surface area (Å²) in [5, 5.41) is 15.8. The van der Waals surface area contributed by atoms with Gasteiger partial charge in [-0.3, -0.25) is 9.67 Å². The molecule has 3 heterocycles. The van der Waals surface area contributed by atoms with Crippen LogP contribution in [-0.2, 0) is 7.05 Å². The third kappa shape index (κ3) is 3.19. The molecule has 5 aromatic rings. The van der Waals surface area contributed by atoms with Gasteiger partial charge in [-0.1, -0.05) is 17.7 Å². The van der Waals surface area contributed by atoms with Gasteiger partial charge in [0.2, 0.25) is 0 Å². The van der Waals surface area contributed by atoms with Gasteiger partial charge in [0, 0.05) is 42.1 Å². The number of nitrogens with zero attached hydrogens (tertiary/aromatic N) is 4. The van der Waals surface area contributed by atoms with Gasteiger partial charge >= 0.3 is 5.97 Å². The van der Waals surface area contributed by atoms with Crippen molar-refractivity contribution in [2.24, 2.45) is 7.05 Å². The van der Waals surface area contributed by atoms with Gasteiger partial charge in [-0.25, -0.2) is 4.79 Å². The molecule has 7 nitrogen and oxygen atoms in total. The average molecular weight is 432 g/mol. The molecule has 0 radical (unpaired) electrons. The molecule has 3 aromatic heterocycles. The molecular formula is C23H18ClN5O2. The van der Waals surface area contributed by atoms with Crippen molar-refractivity contribution < 1.29 is 9.90 Å². The fourth-order valence-corrected chi connectivity index (χ4v) is 4.00. The monoisotopic (exact) mass is 431 g/mol. The van der Waals surface area contributed by atoms with E-state index in [1.54, 1.807) is 0 Å². The molecular weight excluding hydrogens is 414 g/mol. The predicted octanol–water partition coefficient (Wildman–Crippen LogP) is 5.24. The molecule has 0 atom stereocenters. The number of carboxylic acids is 1. The largest absolute Gasteiger partial charge is 0.478 e. The van der Waals surface area contributed by atoms with E-state index in [4.69, 9.17) is 11.6 Å². The molecule has 0 aliphatic heterocycles. The Kier molecular flexibility index (Phi) is 4.41. The number of anilines is 2. The lowest BCUT2D eigenvalue weighted by Gasteiger charge is -2.20. The highest BCUT2D eigenvalue weighted by Crippen LogP contribution is 2.34. The van der Waals surface area contributed by atoms with Crippen molar-refractivity contribution in [2.45, 2.75) is 0 Å². The summed E-state index contributed by atoms with van der Waals surface area (Å²) in [5.41, 5.74) is 5.65. The molecule has 0 spiro atoms. The van der Waals surface area contributed by atoms with Gasteiger partial charge in [0.15, 0.2) is 0 Å². The lowest BCUT2D eigenvalue weighted by Crippen LogP contribution is -2.09. The lowest BCUT2D eigenvalue weighted by molar-refractivity contribution is 0.0698. The van der Waals surface area contributed by atoms with Gasteiger partial charge in [-0.05, 0) is 48.5 Å². The molecule has 31 heavy (non-hydrogen) atoms. The summed E-state index contributed by atoms with van der Waals surface area (Å²) >= 11 is 6.15. The van der Waals surface area contributed by atoms with Crippen molar-refractivity contribution in [3.8, 4) is 11.4 Å². The number of nitrogens with one attached hydrogen (secondary N) is 1. The Hall–Kier alpha value is -3.84. The SMILES string of the molecule is CN(c1cccc(Cl)c1)c1ccc2c(-c3cc4nccc(C(=O)O)c4[nH]3)nn(C)c2c1. The minimum absolute atomic E-state index is 0.182. The molecule has 2 aromatic carbocycles. The average Bonchev–Trinajstić information content (AvgIpc) is 3.33. The van der Waals surface area contributed by atoms with Crippen LogP contribution in [0.1, 0.15) is 10.4 Å². The molecule has 154 valence electrons. The summed E-state index contributed by atoms with van der Waals surface area (Å²) in [6.45, 7) is 0. The van der Waals surface area contributed by atoms with E-state index in [-0.39, 0.29) is 5.56 Å². The molecule has 0 aliphatic carbocycles. The second kappa shape index (κ2) is 7.14. The van der Waals surface area contributed by atoms with E-state index >= 15 is 0 Å². The number of fused-ring (bicyclic) bond motifs is 2. The fraction of sp³-hybridized carbons (Fsp3) is 0.0870. The number of hydrogen-bond donors (Lipinski definition) is 2. The molecule has 0 aliphatic rings. The smallest absolute Gasteiger partial charge is 0.337 e. The number of hydrogen-bond acceptors (Lipinski definition) is 4. The number of rotatable bonds is 4. The van der Waals surface area contributed by atoms with E-state index in [9.17, 15) is 9.90 Å². The summed E-state index contributed by atoms with van der Waals surface area (Å²) in [7, 11) is 3.87. The Morgan fingerprint density at radius 1 is 1.13 bits per heavy atom. The molecule has 0 fully saturated rings. The third-order valence-electron chi connectivity index (χ3n) is 5.42. The van der Waals surface area contributed by atoms with Crippen LogP contribution >= 0.6 is 11.6 Å². The Morgan fingerprint density at radius 2 is 1.94 bits per heavy atom. The molecule has 5 rings (SSSR count). The highest BCUT2D eigenvalue weighted by molar-refractivity contribution is 6.30. The quantitative estimate of drug-likeness (QED) is 0.406. The van der Waals surface area contributed by atoms with Crippen LogP contribution in [0.4, 0.5) is 11.4 Å². The number of pyridine rings is 1. The van der Waals surface area contributed by atoms with E-state index in [1.807, 2.05) is 61.2 Å². The first-order valence-electron chi connectivity index (χ1n) is 9.60. The predicted molar refractivity (Wildman–Crippen MR) is 122 cm³/mol. The van der Waals surface area contributed by atoms with Crippen LogP contribution in [0.2, 0.25) is 5.02 Å². The van der Waals surface area contributed by atoms with Gasteiger partial charge in [0.25, 0.3) is 0 Å². The van der Waals surface area contributed by atoms with Crippen LogP contribution < -0.4 is 4.90 Å². The number of aromatic carboxylic acids is 1. The Morgan fingerprint density at radius 3 is 2.71 bits per heavy atom. The maximum atomic E-state index is 11.5. The van der Waals surface area contributed by atoms with Crippen molar-refractivity contribution in [3.05, 3.63) is 71.4 Å². The van der Waals surface area contributed by atoms with Gasteiger partial charge < -0.3 is 15.0 Å². The van der Waals surface area contributed by atoms with Gasteiger partial charge in [0.1, 0.15) is 5.69 Å². The molecule has 0 amide bonds. The summed E-state index contributed by atoms with van der Waals surface area (Å²) < 4.78 is 1.82. The molecule has 0 unspecified atom stereocenters. The Bertz CT molecular complexity index is 1470. The van der Waals surface area contributed by atoms with Crippen LogP contribution in [0.3, 0.4) is 0 Å². The highest BCUT2D eigenvalue weighted by Gasteiger charge is 2.17. The first kappa shape index (κ1) is 19.1. The van der Waals surface area contributed by atoms with Gasteiger partial charge in [-0.2, -0.15) is 5.10 Å². The van der Waals surface area contributed by atoms with Crippen LogP contribution in [0.25, 0.3) is 33.3 Å². The van der Waals surface area contributed by atoms with Gasteiger partial charge in [0.05, 0.1) is 27.8 Å². The number of carbonyl (C=O) groups is 1. The normalized spacial score (nSPS) is 11.3. The summed E-state index contributed by atoms with van der Waals surface area (Å²) in [4.78, 5) is 21.1. The maximum absolute atomic E-state index is 11.5. The number of aromatic nitrogens is 4. The van der Waals surface area contributed by atoms with E-state index < -0.39 is 5.97 Å². The second-order valence-corrected chi connectivity index (χ2v) is 7.76. The van der Waals surface area contributed by atoms with Crippen molar-refractivity contribution in [3.63, 3.8) is 0 Å². The molecule has 0 saturated heterocycles. The molecule has 0 bridgehead atoms. The summed E-state index contributed by atoms with van der Waals surface area (Å²) in [6, 6.07) is 17.1. The van der Waals surface area contributed by atoms with Crippen LogP contribution in [0.15, 0.2) is 60.8 Å². The van der Waals surface area contributed by atoms with Gasteiger partial charge in [-0.15, -0.1) is 0 Å². The Balaban J connectivity index is 1.61. The van der Waals surface area contributed by atoms with Crippen LogP contribution in [0, 0.1) is 0 Å². The maximum Gasteiger partial charge on any atom is 0.337 e. The number of aryl methyl sites for hydroxylation is 1. The minimum atomic E-state index is -1.000. The van der Waals surface area contributed by atoms with Crippen molar-refractivity contribution in [2.75, 3.05) is 11.9 Å². The zero-order valence-electron chi connectivity index (χ0n) is 16.8. The zero-order chi connectivity index (χ0) is 21.7. The minimum Gasteiger partial charge on any atom is -0.478 e. The van der Waals surface area contributed by atoms with E-state index in [0.717, 1.165) is 33.7 Å². The number of aromatic amines is 1. The Labute approximate surface area is 182 Å². The topological polar surface area (TPSA) is 87.0 Å². The molecule has 2 N–H and O–H groups in total. The van der Waals surface area contributed by atoms with Crippen molar-refractivity contribution in [1.29, 1.82) is 0 Å². The van der Waals surface area contributed by atoms with Crippen LogP contribution in [0.5, 0.6) is 0 Å². The molecule has 8 heteroatoms. The lowest BCUT2D eigenvalue weighted by atomic mass is 10.1. The molecule has 0 saturated carbocycles. The summed E-state index contributed by atoms with van der Waals surface area (Å²) in [6.07, 6.45) is 1.50. The zero-order valence-corrected chi connectivity index (χ0v) is 17.6. The van der Waals surface area contributed by atoms with E-state index in [0.29, 0.717) is 16.1 Å². The first-order chi connectivity index (χ1) is 14.9. The van der Waals surface area contributed by atoms with Crippen molar-refractivity contribution >= 4 is 50.9 Å². The number of carboxylic acid groups (broad SMARTS) is 1. The third-order valence-corrected chi connectivity index (χ3v) is 5.66. The fourth-order valence-electron chi connectivity index (χ4n) is 3.82. The number of halogens is 1. The van der Waals surface area contributed by atoms with Crippen molar-refractivity contribution in [1.82, 2.24) is 19.7 Å². The number of H-pyrrole nitrogens is 1. The van der Waals surface area contributed by atoms with E-state index in [2.05, 4.69) is 26.0 Å².